The topological polar surface area (TPSA) is 49.3 Å². The zero-order valence-electron chi connectivity index (χ0n) is 9.86. The van der Waals surface area contributed by atoms with Gasteiger partial charge in [0.25, 0.3) is 0 Å². The first-order chi connectivity index (χ1) is 7.58. The second-order valence-electron chi connectivity index (χ2n) is 4.20. The van der Waals surface area contributed by atoms with Crippen LogP contribution in [0.3, 0.4) is 0 Å². The Morgan fingerprint density at radius 1 is 1.50 bits per heavy atom. The summed E-state index contributed by atoms with van der Waals surface area (Å²) in [5.41, 5.74) is 2.49. The molecule has 0 saturated heterocycles. The molecule has 3 nitrogen and oxygen atoms in total. The summed E-state index contributed by atoms with van der Waals surface area (Å²) in [5, 5.41) is 11.9. The Kier molecular flexibility index (Phi) is 4.99. The summed E-state index contributed by atoms with van der Waals surface area (Å²) in [7, 11) is 0. The number of carboxylic acid groups (broad SMARTS) is 1. The lowest BCUT2D eigenvalue weighted by atomic mass is 10.1. The fourth-order valence-electron chi connectivity index (χ4n) is 1.56. The van der Waals surface area contributed by atoms with Crippen molar-refractivity contribution in [2.24, 2.45) is 0 Å². The van der Waals surface area contributed by atoms with Crippen LogP contribution in [0.4, 0.5) is 0 Å². The van der Waals surface area contributed by atoms with E-state index in [4.69, 9.17) is 5.11 Å². The summed E-state index contributed by atoms with van der Waals surface area (Å²) in [6.45, 7) is 4.87. The largest absolute Gasteiger partial charge is 0.481 e. The third-order valence-corrected chi connectivity index (χ3v) is 2.53. The third-order valence-electron chi connectivity index (χ3n) is 2.53. The Labute approximate surface area is 96.5 Å². The smallest absolute Gasteiger partial charge is 0.303 e. The maximum atomic E-state index is 10.4. The van der Waals surface area contributed by atoms with Crippen molar-refractivity contribution in [2.45, 2.75) is 39.3 Å². The molecule has 1 aromatic rings. The molecule has 0 heterocycles. The molecule has 2 N–H and O–H groups in total. The molecular weight excluding hydrogens is 202 g/mol. The van der Waals surface area contributed by atoms with Gasteiger partial charge in [-0.05, 0) is 25.8 Å². The molecule has 1 atom stereocenters. The number of benzene rings is 1. The summed E-state index contributed by atoms with van der Waals surface area (Å²) >= 11 is 0. The summed E-state index contributed by atoms with van der Waals surface area (Å²) in [5.74, 6) is -0.732. The van der Waals surface area contributed by atoms with E-state index in [2.05, 4.69) is 30.4 Å². The molecule has 0 saturated carbocycles. The Balaban J connectivity index is 2.31. The van der Waals surface area contributed by atoms with Crippen LogP contribution < -0.4 is 5.32 Å². The standard InChI is InChI=1S/C13H19NO2/c1-10-4-3-5-12(8-10)9-14-11(2)6-7-13(15)16/h3-5,8,11,14H,6-7,9H2,1-2H3,(H,15,16). The number of carboxylic acids is 1. The SMILES string of the molecule is Cc1cccc(CNC(C)CCC(=O)O)c1. The molecule has 0 spiro atoms. The van der Waals surface area contributed by atoms with Crippen LogP contribution in [-0.4, -0.2) is 17.1 Å². The zero-order chi connectivity index (χ0) is 12.0. The lowest BCUT2D eigenvalue weighted by molar-refractivity contribution is -0.137. The molecular formula is C13H19NO2. The van der Waals surface area contributed by atoms with E-state index < -0.39 is 5.97 Å². The average molecular weight is 221 g/mol. The molecule has 16 heavy (non-hydrogen) atoms. The highest BCUT2D eigenvalue weighted by Gasteiger charge is 2.04. The summed E-state index contributed by atoms with van der Waals surface area (Å²) in [6, 6.07) is 8.54. The Hall–Kier alpha value is -1.35. The second kappa shape index (κ2) is 6.28. The lowest BCUT2D eigenvalue weighted by Gasteiger charge is -2.12. The Morgan fingerprint density at radius 3 is 2.88 bits per heavy atom. The Bertz CT molecular complexity index is 350. The van der Waals surface area contributed by atoms with Crippen molar-refractivity contribution in [3.05, 3.63) is 35.4 Å². The number of rotatable bonds is 6. The molecule has 88 valence electrons. The lowest BCUT2D eigenvalue weighted by Crippen LogP contribution is -2.26. The predicted octanol–water partition coefficient (Wildman–Crippen LogP) is 2.34. The molecule has 0 fully saturated rings. The highest BCUT2D eigenvalue weighted by atomic mass is 16.4. The van der Waals surface area contributed by atoms with Gasteiger partial charge in [-0.1, -0.05) is 29.8 Å². The molecule has 1 unspecified atom stereocenters. The first kappa shape index (κ1) is 12.7. The van der Waals surface area contributed by atoms with Gasteiger partial charge in [0, 0.05) is 19.0 Å². The molecule has 3 heteroatoms. The van der Waals surface area contributed by atoms with E-state index in [1.54, 1.807) is 0 Å². The fourth-order valence-corrected chi connectivity index (χ4v) is 1.56. The predicted molar refractivity (Wildman–Crippen MR) is 64.4 cm³/mol. The molecule has 0 amide bonds. The van der Waals surface area contributed by atoms with Crippen LogP contribution >= 0.6 is 0 Å². The van der Waals surface area contributed by atoms with Crippen LogP contribution in [0, 0.1) is 6.92 Å². The quantitative estimate of drug-likeness (QED) is 0.775. The van der Waals surface area contributed by atoms with Crippen LogP contribution in [0.15, 0.2) is 24.3 Å². The highest BCUT2D eigenvalue weighted by molar-refractivity contribution is 5.66. The molecule has 1 aromatic carbocycles. The van der Waals surface area contributed by atoms with E-state index in [9.17, 15) is 4.79 Å². The Morgan fingerprint density at radius 2 is 2.25 bits per heavy atom. The highest BCUT2D eigenvalue weighted by Crippen LogP contribution is 2.04. The van der Waals surface area contributed by atoms with Crippen LogP contribution in [0.5, 0.6) is 0 Å². The molecule has 1 rings (SSSR count). The fraction of sp³-hybridized carbons (Fsp3) is 0.462. The minimum absolute atomic E-state index is 0.224. The number of aliphatic carboxylic acids is 1. The van der Waals surface area contributed by atoms with E-state index in [0.717, 1.165) is 6.54 Å². The van der Waals surface area contributed by atoms with Crippen LogP contribution in [0.2, 0.25) is 0 Å². The van der Waals surface area contributed by atoms with Gasteiger partial charge in [0.1, 0.15) is 0 Å². The second-order valence-corrected chi connectivity index (χ2v) is 4.20. The minimum atomic E-state index is -0.732. The monoisotopic (exact) mass is 221 g/mol. The van der Waals surface area contributed by atoms with Crippen molar-refractivity contribution in [1.82, 2.24) is 5.32 Å². The van der Waals surface area contributed by atoms with Gasteiger partial charge in [-0.25, -0.2) is 0 Å². The van der Waals surface area contributed by atoms with Gasteiger partial charge in [0.2, 0.25) is 0 Å². The number of hydrogen-bond acceptors (Lipinski definition) is 2. The number of nitrogens with one attached hydrogen (secondary N) is 1. The number of aryl methyl sites for hydroxylation is 1. The van der Waals surface area contributed by atoms with Crippen molar-refractivity contribution < 1.29 is 9.90 Å². The third kappa shape index (κ3) is 4.94. The molecule has 0 aliphatic carbocycles. The van der Waals surface area contributed by atoms with E-state index in [0.29, 0.717) is 6.42 Å². The van der Waals surface area contributed by atoms with E-state index in [1.165, 1.54) is 11.1 Å². The van der Waals surface area contributed by atoms with Crippen LogP contribution in [-0.2, 0) is 11.3 Å². The number of carbonyl (C=O) groups is 1. The molecule has 0 aliphatic heterocycles. The van der Waals surface area contributed by atoms with Gasteiger partial charge in [-0.15, -0.1) is 0 Å². The summed E-state index contributed by atoms with van der Waals surface area (Å²) in [6.07, 6.45) is 0.892. The van der Waals surface area contributed by atoms with Crippen molar-refractivity contribution in [2.75, 3.05) is 0 Å². The van der Waals surface area contributed by atoms with Crippen molar-refractivity contribution in [3.8, 4) is 0 Å². The van der Waals surface area contributed by atoms with Crippen LogP contribution in [0.1, 0.15) is 30.9 Å². The van der Waals surface area contributed by atoms with E-state index >= 15 is 0 Å². The average Bonchev–Trinajstić information content (AvgIpc) is 2.23. The minimum Gasteiger partial charge on any atom is -0.481 e. The molecule has 0 aliphatic rings. The molecule has 0 aromatic heterocycles. The zero-order valence-corrected chi connectivity index (χ0v) is 9.86. The normalized spacial score (nSPS) is 12.4. The van der Waals surface area contributed by atoms with Gasteiger partial charge >= 0.3 is 5.97 Å². The van der Waals surface area contributed by atoms with Gasteiger partial charge in [-0.3, -0.25) is 4.79 Å². The maximum absolute atomic E-state index is 10.4. The molecule has 0 radical (unpaired) electrons. The molecule has 0 bridgehead atoms. The first-order valence-electron chi connectivity index (χ1n) is 5.58. The van der Waals surface area contributed by atoms with E-state index in [-0.39, 0.29) is 12.5 Å². The first-order valence-corrected chi connectivity index (χ1v) is 5.58. The number of hydrogen-bond donors (Lipinski definition) is 2. The van der Waals surface area contributed by atoms with Crippen molar-refractivity contribution >= 4 is 5.97 Å². The van der Waals surface area contributed by atoms with Gasteiger partial charge < -0.3 is 10.4 Å². The maximum Gasteiger partial charge on any atom is 0.303 e. The van der Waals surface area contributed by atoms with Crippen molar-refractivity contribution in [3.63, 3.8) is 0 Å². The van der Waals surface area contributed by atoms with Gasteiger partial charge in [0.05, 0.1) is 0 Å². The van der Waals surface area contributed by atoms with Gasteiger partial charge in [-0.2, -0.15) is 0 Å². The van der Waals surface area contributed by atoms with E-state index in [1.807, 2.05) is 13.0 Å². The summed E-state index contributed by atoms with van der Waals surface area (Å²) in [4.78, 5) is 10.4. The van der Waals surface area contributed by atoms with Gasteiger partial charge in [0.15, 0.2) is 0 Å². The van der Waals surface area contributed by atoms with Crippen LogP contribution in [0.25, 0.3) is 0 Å². The summed E-state index contributed by atoms with van der Waals surface area (Å²) < 4.78 is 0. The van der Waals surface area contributed by atoms with Crippen molar-refractivity contribution in [1.29, 1.82) is 0 Å².